The van der Waals surface area contributed by atoms with Gasteiger partial charge in [0.25, 0.3) is 11.8 Å². The highest BCUT2D eigenvalue weighted by Gasteiger charge is 2.53. The van der Waals surface area contributed by atoms with Gasteiger partial charge in [-0.05, 0) is 66.5 Å². The zero-order valence-corrected chi connectivity index (χ0v) is 27.1. The lowest BCUT2D eigenvalue weighted by atomic mass is 9.80. The van der Waals surface area contributed by atoms with Crippen LogP contribution in [0.4, 0.5) is 30.7 Å². The third-order valence-electron chi connectivity index (χ3n) is 9.32. The summed E-state index contributed by atoms with van der Waals surface area (Å²) >= 11 is 0. The number of hydrogen-bond donors (Lipinski definition) is 1. The van der Waals surface area contributed by atoms with Crippen molar-refractivity contribution in [3.8, 4) is 0 Å². The molecule has 17 heteroatoms. The van der Waals surface area contributed by atoms with Crippen LogP contribution in [0.2, 0.25) is 0 Å². The predicted molar refractivity (Wildman–Crippen MR) is 163 cm³/mol. The number of carbonyl (C=O) groups is 2. The summed E-state index contributed by atoms with van der Waals surface area (Å²) in [6, 6.07) is 7.33. The standard InChI is InChI=1S/C33H34F7N7O3/c1-18(2)13-25(47-29(49)31(42-30(47)41,15-19-9-12-50-17-19)21-4-6-22(34)7-5-21)20-3-8-24(32(35,36)37)23(14-20)27(48)45-10-11-46-26(16-45)43-44-28(46)33(38,39)40/h3-8,14,18-19,25H,9-13,15-17H2,1-2H3,(H2,41,42). The molecule has 4 heterocycles. The van der Waals surface area contributed by atoms with Gasteiger partial charge in [-0.3, -0.25) is 14.5 Å². The molecule has 1 aromatic heterocycles. The second-order valence-corrected chi connectivity index (χ2v) is 13.2. The van der Waals surface area contributed by atoms with Gasteiger partial charge in [0.15, 0.2) is 17.3 Å². The molecule has 2 amide bonds. The van der Waals surface area contributed by atoms with Crippen LogP contribution in [0.3, 0.4) is 0 Å². The van der Waals surface area contributed by atoms with Gasteiger partial charge in [0, 0.05) is 26.3 Å². The van der Waals surface area contributed by atoms with Gasteiger partial charge >= 0.3 is 12.4 Å². The maximum absolute atomic E-state index is 14.6. The summed E-state index contributed by atoms with van der Waals surface area (Å²) in [6.45, 7) is 3.33. The number of fused-ring (bicyclic) bond motifs is 1. The second kappa shape index (κ2) is 13.0. The molecule has 3 aliphatic heterocycles. The van der Waals surface area contributed by atoms with Crippen molar-refractivity contribution in [3.05, 3.63) is 82.2 Å². The summed E-state index contributed by atoms with van der Waals surface area (Å²) < 4.78 is 104. The van der Waals surface area contributed by atoms with Crippen molar-refractivity contribution >= 4 is 17.8 Å². The van der Waals surface area contributed by atoms with Crippen LogP contribution in [0.1, 0.15) is 77.8 Å². The average molecular weight is 710 g/mol. The lowest BCUT2D eigenvalue weighted by molar-refractivity contribution is -0.148. The van der Waals surface area contributed by atoms with E-state index in [1.54, 1.807) is 0 Å². The molecule has 3 unspecified atom stereocenters. The third kappa shape index (κ3) is 6.54. The minimum absolute atomic E-state index is 0.0816. The number of alkyl halides is 6. The van der Waals surface area contributed by atoms with E-state index in [9.17, 15) is 40.3 Å². The molecule has 0 saturated carbocycles. The minimum atomic E-state index is -4.97. The van der Waals surface area contributed by atoms with Crippen molar-refractivity contribution in [2.45, 2.75) is 70.1 Å². The maximum atomic E-state index is 14.6. The van der Waals surface area contributed by atoms with Gasteiger partial charge < -0.3 is 19.9 Å². The van der Waals surface area contributed by atoms with Gasteiger partial charge in [-0.2, -0.15) is 26.3 Å². The average Bonchev–Trinajstić information content (AvgIpc) is 3.77. The number of ether oxygens (including phenoxy) is 1. The molecule has 50 heavy (non-hydrogen) atoms. The quantitative estimate of drug-likeness (QED) is 0.301. The highest BCUT2D eigenvalue weighted by molar-refractivity contribution is 6.07. The van der Waals surface area contributed by atoms with E-state index >= 15 is 0 Å². The van der Waals surface area contributed by atoms with E-state index in [1.807, 2.05) is 13.8 Å². The van der Waals surface area contributed by atoms with Crippen LogP contribution < -0.4 is 5.73 Å². The van der Waals surface area contributed by atoms with Crippen LogP contribution in [0.15, 0.2) is 47.5 Å². The third-order valence-corrected chi connectivity index (χ3v) is 9.32. The number of guanidine groups is 1. The van der Waals surface area contributed by atoms with E-state index in [2.05, 4.69) is 15.2 Å². The number of carbonyl (C=O) groups excluding carboxylic acids is 2. The molecule has 3 atom stereocenters. The van der Waals surface area contributed by atoms with Crippen LogP contribution in [0, 0.1) is 17.7 Å². The van der Waals surface area contributed by atoms with Crippen molar-refractivity contribution in [1.29, 1.82) is 0 Å². The largest absolute Gasteiger partial charge is 0.451 e. The fourth-order valence-electron chi connectivity index (χ4n) is 6.97. The first-order valence-corrected chi connectivity index (χ1v) is 16.0. The lowest BCUT2D eigenvalue weighted by Gasteiger charge is -2.34. The highest BCUT2D eigenvalue weighted by Crippen LogP contribution is 2.45. The Morgan fingerprint density at radius 3 is 2.38 bits per heavy atom. The van der Waals surface area contributed by atoms with E-state index in [4.69, 9.17) is 10.5 Å². The van der Waals surface area contributed by atoms with Gasteiger partial charge in [-0.1, -0.05) is 32.0 Å². The van der Waals surface area contributed by atoms with Crippen molar-refractivity contribution < 1.29 is 45.1 Å². The van der Waals surface area contributed by atoms with Crippen LogP contribution >= 0.6 is 0 Å². The molecule has 268 valence electrons. The van der Waals surface area contributed by atoms with Crippen molar-refractivity contribution in [2.75, 3.05) is 19.8 Å². The monoisotopic (exact) mass is 709 g/mol. The van der Waals surface area contributed by atoms with E-state index < -0.39 is 65.1 Å². The molecule has 2 aromatic carbocycles. The van der Waals surface area contributed by atoms with Gasteiger partial charge in [-0.25, -0.2) is 9.38 Å². The van der Waals surface area contributed by atoms with Gasteiger partial charge in [0.2, 0.25) is 5.82 Å². The first-order valence-electron chi connectivity index (χ1n) is 16.0. The normalized spacial score (nSPS) is 21.9. The molecular weight excluding hydrogens is 675 g/mol. The summed E-state index contributed by atoms with van der Waals surface area (Å²) in [6.07, 6.45) is -8.73. The zero-order chi connectivity index (χ0) is 36.2. The van der Waals surface area contributed by atoms with Crippen molar-refractivity contribution in [1.82, 2.24) is 24.6 Å². The molecule has 3 aromatic rings. The number of aliphatic imine (C=N–C) groups is 1. The second-order valence-electron chi connectivity index (χ2n) is 13.2. The molecule has 1 fully saturated rings. The number of nitrogens with two attached hydrogens (primary N) is 1. The van der Waals surface area contributed by atoms with E-state index in [-0.39, 0.29) is 55.1 Å². The SMILES string of the molecule is CC(C)CC(c1ccc(C(F)(F)F)c(C(=O)N2CCn3c(nnc3C(F)(F)F)C2)c1)N1C(=O)C(CC2CCOC2)(c2ccc(F)cc2)N=C1N. The Bertz CT molecular complexity index is 1800. The Morgan fingerprint density at radius 1 is 1.04 bits per heavy atom. The van der Waals surface area contributed by atoms with Crippen LogP contribution in [0.25, 0.3) is 0 Å². The summed E-state index contributed by atoms with van der Waals surface area (Å²) in [5, 5.41) is 6.69. The number of aromatic nitrogens is 3. The topological polar surface area (TPSA) is 119 Å². The Morgan fingerprint density at radius 2 is 1.76 bits per heavy atom. The predicted octanol–water partition coefficient (Wildman–Crippen LogP) is 5.68. The number of rotatable bonds is 8. The van der Waals surface area contributed by atoms with Crippen molar-refractivity contribution in [3.63, 3.8) is 0 Å². The minimum Gasteiger partial charge on any atom is -0.381 e. The van der Waals surface area contributed by atoms with Crippen LogP contribution in [0.5, 0.6) is 0 Å². The molecule has 0 aliphatic carbocycles. The summed E-state index contributed by atoms with van der Waals surface area (Å²) in [5.41, 5.74) is 3.48. The van der Waals surface area contributed by atoms with Crippen LogP contribution in [-0.2, 0) is 40.5 Å². The molecule has 0 spiro atoms. The molecule has 3 aliphatic rings. The van der Waals surface area contributed by atoms with Gasteiger partial charge in [-0.15, -0.1) is 10.2 Å². The number of hydrogen-bond acceptors (Lipinski definition) is 7. The fourth-order valence-corrected chi connectivity index (χ4v) is 6.97. The molecule has 2 N–H and O–H groups in total. The Balaban J connectivity index is 1.39. The number of benzene rings is 2. The first-order chi connectivity index (χ1) is 23.5. The lowest BCUT2D eigenvalue weighted by Crippen LogP contribution is -2.46. The molecule has 6 rings (SSSR count). The van der Waals surface area contributed by atoms with Gasteiger partial charge in [0.1, 0.15) is 5.82 Å². The smallest absolute Gasteiger partial charge is 0.381 e. The Labute approximate surface area is 282 Å². The first kappa shape index (κ1) is 35.3. The molecule has 0 bridgehead atoms. The molecule has 1 saturated heterocycles. The summed E-state index contributed by atoms with van der Waals surface area (Å²) in [4.78, 5) is 35.3. The summed E-state index contributed by atoms with van der Waals surface area (Å²) in [7, 11) is 0. The Hall–Kier alpha value is -4.54. The Kier molecular flexibility index (Phi) is 9.16. The fraction of sp³-hybridized carbons (Fsp3) is 0.485. The van der Waals surface area contributed by atoms with E-state index in [0.717, 1.165) is 21.6 Å². The summed E-state index contributed by atoms with van der Waals surface area (Å²) in [5.74, 6) is -4.04. The van der Waals surface area contributed by atoms with E-state index in [0.29, 0.717) is 25.2 Å². The van der Waals surface area contributed by atoms with Gasteiger partial charge in [0.05, 0.1) is 23.7 Å². The number of nitrogens with zero attached hydrogens (tertiary/aromatic N) is 6. The van der Waals surface area contributed by atoms with Crippen molar-refractivity contribution in [2.24, 2.45) is 22.6 Å². The maximum Gasteiger partial charge on any atom is 0.451 e. The number of amides is 2. The number of halogens is 7. The molecule has 10 nitrogen and oxygen atoms in total. The zero-order valence-electron chi connectivity index (χ0n) is 27.1. The highest BCUT2D eigenvalue weighted by atomic mass is 19.4. The molecule has 0 radical (unpaired) electrons. The molecular formula is C33H34F7N7O3. The van der Waals surface area contributed by atoms with E-state index in [1.165, 1.54) is 35.2 Å². The van der Waals surface area contributed by atoms with Crippen LogP contribution in [-0.4, -0.2) is 62.1 Å².